The fourth-order valence-corrected chi connectivity index (χ4v) is 3.31. The van der Waals surface area contributed by atoms with Gasteiger partial charge >= 0.3 is 0 Å². The lowest BCUT2D eigenvalue weighted by Gasteiger charge is -2.44. The van der Waals surface area contributed by atoms with E-state index in [1.807, 2.05) is 0 Å². The van der Waals surface area contributed by atoms with Crippen LogP contribution in [0.25, 0.3) is 11.0 Å². The second-order valence-electron chi connectivity index (χ2n) is 6.53. The van der Waals surface area contributed by atoms with E-state index in [0.29, 0.717) is 16.7 Å². The van der Waals surface area contributed by atoms with Crippen LogP contribution in [-0.2, 0) is 4.79 Å². The smallest absolute Gasteiger partial charge is 0.259 e. The molecule has 1 aliphatic rings. The van der Waals surface area contributed by atoms with E-state index in [1.165, 1.54) is 6.33 Å². The third-order valence-electron chi connectivity index (χ3n) is 4.70. The number of anilines is 1. The zero-order valence-electron chi connectivity index (χ0n) is 14.8. The van der Waals surface area contributed by atoms with Gasteiger partial charge in [-0.25, -0.2) is 22.5 Å². The highest BCUT2D eigenvalue weighted by molar-refractivity contribution is 6.05. The predicted octanol–water partition coefficient (Wildman–Crippen LogP) is 3.32. The number of nitrogens with zero attached hydrogens (tertiary/aromatic N) is 2. The molecule has 1 fully saturated rings. The fourth-order valence-electron chi connectivity index (χ4n) is 3.31. The Morgan fingerprint density at radius 1 is 1.21 bits per heavy atom. The standard InChI is InChI=1S/C19H15F4N3O3/c20-11-6-10(29-4-3-15(22)23)7-12(21)16(11)17-18(27)19(28)26(17)9-1-2-13-14(5-9)25-8-24-13/h1-2,5-8,15,17-18,27H,3-4H2,(H,24,25)/t17-,18?/m0/s1. The molecular formula is C19H15F4N3O3. The zero-order chi connectivity index (χ0) is 20.7. The van der Waals surface area contributed by atoms with E-state index in [4.69, 9.17) is 4.74 Å². The summed E-state index contributed by atoms with van der Waals surface area (Å²) in [5.41, 5.74) is 1.07. The second-order valence-corrected chi connectivity index (χ2v) is 6.53. The van der Waals surface area contributed by atoms with Crippen LogP contribution in [0.15, 0.2) is 36.7 Å². The summed E-state index contributed by atoms with van der Waals surface area (Å²) >= 11 is 0. The first-order valence-corrected chi connectivity index (χ1v) is 8.71. The molecule has 0 radical (unpaired) electrons. The van der Waals surface area contributed by atoms with Crippen molar-refractivity contribution in [2.75, 3.05) is 11.5 Å². The lowest BCUT2D eigenvalue weighted by atomic mass is 9.89. The van der Waals surface area contributed by atoms with E-state index < -0.39 is 54.7 Å². The number of H-pyrrole nitrogens is 1. The van der Waals surface area contributed by atoms with Crippen LogP contribution in [0.5, 0.6) is 5.75 Å². The van der Waals surface area contributed by atoms with E-state index >= 15 is 0 Å². The van der Waals surface area contributed by atoms with Crippen LogP contribution >= 0.6 is 0 Å². The molecule has 3 aromatic rings. The molecule has 0 bridgehead atoms. The third kappa shape index (κ3) is 3.39. The molecule has 1 amide bonds. The van der Waals surface area contributed by atoms with Gasteiger partial charge in [0.2, 0.25) is 6.43 Å². The molecule has 0 aliphatic carbocycles. The van der Waals surface area contributed by atoms with Gasteiger partial charge in [0.15, 0.2) is 6.10 Å². The number of aromatic amines is 1. The number of ether oxygens (including phenoxy) is 1. The van der Waals surface area contributed by atoms with Gasteiger partial charge in [-0.3, -0.25) is 9.69 Å². The van der Waals surface area contributed by atoms with E-state index in [1.54, 1.807) is 18.2 Å². The van der Waals surface area contributed by atoms with Gasteiger partial charge < -0.3 is 14.8 Å². The Morgan fingerprint density at radius 3 is 2.62 bits per heavy atom. The molecule has 6 nitrogen and oxygen atoms in total. The quantitative estimate of drug-likeness (QED) is 0.484. The second kappa shape index (κ2) is 7.36. The largest absolute Gasteiger partial charge is 0.493 e. The number of nitrogens with one attached hydrogen (secondary N) is 1. The summed E-state index contributed by atoms with van der Waals surface area (Å²) in [4.78, 5) is 20.2. The van der Waals surface area contributed by atoms with Gasteiger partial charge in [-0.2, -0.15) is 0 Å². The number of β-lactam (4-membered cyclic amide) rings is 1. The van der Waals surface area contributed by atoms with Crippen molar-refractivity contribution in [3.8, 4) is 5.75 Å². The minimum absolute atomic E-state index is 0.255. The van der Waals surface area contributed by atoms with Crippen LogP contribution in [-0.4, -0.2) is 40.1 Å². The number of amides is 1. The molecule has 2 atom stereocenters. The number of imidazole rings is 1. The molecule has 29 heavy (non-hydrogen) atoms. The third-order valence-corrected chi connectivity index (χ3v) is 4.70. The first-order valence-electron chi connectivity index (χ1n) is 8.71. The van der Waals surface area contributed by atoms with Crippen LogP contribution in [0, 0.1) is 11.6 Å². The predicted molar refractivity (Wildman–Crippen MR) is 94.8 cm³/mol. The number of aromatic nitrogens is 2. The summed E-state index contributed by atoms with van der Waals surface area (Å²) in [6, 6.07) is 5.17. The van der Waals surface area contributed by atoms with Crippen LogP contribution in [0.3, 0.4) is 0 Å². The Bertz CT molecular complexity index is 1050. The summed E-state index contributed by atoms with van der Waals surface area (Å²) in [7, 11) is 0. The van der Waals surface area contributed by atoms with Crippen LogP contribution in [0.1, 0.15) is 18.0 Å². The van der Waals surface area contributed by atoms with E-state index in [-0.39, 0.29) is 5.75 Å². The lowest BCUT2D eigenvalue weighted by molar-refractivity contribution is -0.137. The molecule has 4 rings (SSSR count). The summed E-state index contributed by atoms with van der Waals surface area (Å²) in [5.74, 6) is -3.07. The van der Waals surface area contributed by atoms with Gasteiger partial charge in [0.1, 0.15) is 23.4 Å². The minimum Gasteiger partial charge on any atom is -0.493 e. The van der Waals surface area contributed by atoms with Crippen LogP contribution < -0.4 is 9.64 Å². The number of halogens is 4. The number of hydrogen-bond acceptors (Lipinski definition) is 4. The number of fused-ring (bicyclic) bond motifs is 1. The maximum absolute atomic E-state index is 14.6. The molecule has 152 valence electrons. The van der Waals surface area contributed by atoms with Crippen molar-refractivity contribution in [1.29, 1.82) is 0 Å². The first-order chi connectivity index (χ1) is 13.9. The van der Waals surface area contributed by atoms with Crippen molar-refractivity contribution in [1.82, 2.24) is 9.97 Å². The fraction of sp³-hybridized carbons (Fsp3) is 0.263. The summed E-state index contributed by atoms with van der Waals surface area (Å²) < 4.78 is 58.6. The number of alkyl halides is 2. The molecule has 10 heteroatoms. The molecular weight excluding hydrogens is 394 g/mol. The van der Waals surface area contributed by atoms with Crippen molar-refractivity contribution >= 4 is 22.6 Å². The highest BCUT2D eigenvalue weighted by Crippen LogP contribution is 2.42. The Morgan fingerprint density at radius 2 is 1.93 bits per heavy atom. The average Bonchev–Trinajstić information content (AvgIpc) is 3.14. The monoisotopic (exact) mass is 409 g/mol. The first kappa shape index (κ1) is 19.2. The van der Waals surface area contributed by atoms with E-state index in [2.05, 4.69) is 9.97 Å². The summed E-state index contributed by atoms with van der Waals surface area (Å²) in [5, 5.41) is 10.1. The Balaban J connectivity index is 1.64. The normalized spacial score (nSPS) is 19.1. The van der Waals surface area contributed by atoms with Gasteiger partial charge in [0.05, 0.1) is 24.0 Å². The number of aliphatic hydroxyl groups is 1. The lowest BCUT2D eigenvalue weighted by Crippen LogP contribution is -2.59. The minimum atomic E-state index is -2.60. The van der Waals surface area contributed by atoms with Crippen molar-refractivity contribution in [2.24, 2.45) is 0 Å². The Kier molecular flexibility index (Phi) is 4.87. The maximum Gasteiger partial charge on any atom is 0.259 e. The molecule has 1 unspecified atom stereocenters. The molecule has 1 aliphatic heterocycles. The maximum atomic E-state index is 14.6. The van der Waals surface area contributed by atoms with Crippen molar-refractivity contribution < 1.29 is 32.2 Å². The van der Waals surface area contributed by atoms with Crippen molar-refractivity contribution in [2.45, 2.75) is 25.0 Å². The highest BCUT2D eigenvalue weighted by atomic mass is 19.3. The molecule has 2 N–H and O–H groups in total. The number of carbonyl (C=O) groups is 1. The molecule has 2 heterocycles. The van der Waals surface area contributed by atoms with E-state index in [0.717, 1.165) is 17.0 Å². The van der Waals surface area contributed by atoms with Crippen molar-refractivity contribution in [3.05, 3.63) is 53.9 Å². The number of benzene rings is 2. The zero-order valence-corrected chi connectivity index (χ0v) is 14.8. The number of rotatable bonds is 6. The van der Waals surface area contributed by atoms with Crippen molar-refractivity contribution in [3.63, 3.8) is 0 Å². The van der Waals surface area contributed by atoms with Crippen LogP contribution in [0.4, 0.5) is 23.2 Å². The Hall–Kier alpha value is -3.14. The number of aliphatic hydroxyl groups excluding tert-OH is 1. The van der Waals surface area contributed by atoms with E-state index in [9.17, 15) is 27.5 Å². The van der Waals surface area contributed by atoms with Gasteiger partial charge in [-0.15, -0.1) is 0 Å². The van der Waals surface area contributed by atoms with Crippen LogP contribution in [0.2, 0.25) is 0 Å². The number of hydrogen-bond donors (Lipinski definition) is 2. The number of carbonyl (C=O) groups excluding carboxylic acids is 1. The van der Waals surface area contributed by atoms with Gasteiger partial charge in [0.25, 0.3) is 5.91 Å². The average molecular weight is 409 g/mol. The van der Waals surface area contributed by atoms with Gasteiger partial charge in [-0.05, 0) is 18.2 Å². The molecule has 2 aromatic carbocycles. The summed E-state index contributed by atoms with van der Waals surface area (Å²) in [6.45, 7) is -0.406. The van der Waals surface area contributed by atoms with Gasteiger partial charge in [0, 0.05) is 29.8 Å². The SMILES string of the molecule is O=C1C(O)[C@H](c2c(F)cc(OCCC(F)F)cc2F)N1c1ccc2nc[nH]c2c1. The Labute approximate surface area is 161 Å². The molecule has 1 saturated heterocycles. The summed E-state index contributed by atoms with van der Waals surface area (Å²) in [6.07, 6.45) is -3.34. The molecule has 0 spiro atoms. The van der Waals surface area contributed by atoms with Gasteiger partial charge in [-0.1, -0.05) is 0 Å². The molecule has 1 aromatic heterocycles. The molecule has 0 saturated carbocycles. The highest BCUT2D eigenvalue weighted by Gasteiger charge is 2.50. The topological polar surface area (TPSA) is 78.5 Å².